The van der Waals surface area contributed by atoms with E-state index in [0.29, 0.717) is 37.7 Å². The van der Waals surface area contributed by atoms with Crippen LogP contribution in [0.1, 0.15) is 43.1 Å². The van der Waals surface area contributed by atoms with E-state index in [1.54, 1.807) is 26.0 Å². The van der Waals surface area contributed by atoms with Gasteiger partial charge in [-0.15, -0.1) is 0 Å². The van der Waals surface area contributed by atoms with Crippen LogP contribution in [0.5, 0.6) is 0 Å². The third kappa shape index (κ3) is 3.88. The maximum Gasteiger partial charge on any atom is 0.254 e. The number of benzene rings is 1. The number of carbonyl (C=O) groups excluding carboxylic acids is 1. The zero-order valence-corrected chi connectivity index (χ0v) is 16.3. The highest BCUT2D eigenvalue weighted by atomic mass is 32.2. The molecule has 1 saturated heterocycles. The smallest absolute Gasteiger partial charge is 0.254 e. The number of likely N-dealkylation sites (tertiary alicyclic amines) is 1. The molecule has 2 rings (SSSR count). The van der Waals surface area contributed by atoms with E-state index in [-0.39, 0.29) is 16.8 Å². The van der Waals surface area contributed by atoms with Crippen LogP contribution in [0.25, 0.3) is 0 Å². The fourth-order valence-electron chi connectivity index (χ4n) is 3.46. The number of aryl methyl sites for hydroxylation is 1. The van der Waals surface area contributed by atoms with Gasteiger partial charge in [-0.2, -0.15) is 4.31 Å². The van der Waals surface area contributed by atoms with Gasteiger partial charge in [-0.05, 0) is 50.4 Å². The van der Waals surface area contributed by atoms with Gasteiger partial charge in [-0.25, -0.2) is 8.42 Å². The van der Waals surface area contributed by atoms with Crippen molar-refractivity contribution in [1.29, 1.82) is 0 Å². The number of carbonyl (C=O) groups is 1. The Morgan fingerprint density at radius 3 is 2.48 bits per heavy atom. The van der Waals surface area contributed by atoms with Crippen molar-refractivity contribution in [2.75, 3.05) is 26.2 Å². The maximum atomic E-state index is 13.0. The first-order chi connectivity index (χ1) is 11.8. The summed E-state index contributed by atoms with van der Waals surface area (Å²) in [7, 11) is -3.58. The lowest BCUT2D eigenvalue weighted by Gasteiger charge is -2.24. The molecular weight excluding hydrogens is 338 g/mol. The first-order valence-corrected chi connectivity index (χ1v) is 10.3. The average Bonchev–Trinajstić information content (AvgIpc) is 2.96. The summed E-state index contributed by atoms with van der Waals surface area (Å²) < 4.78 is 26.9. The Balaban J connectivity index is 2.38. The van der Waals surface area contributed by atoms with Gasteiger partial charge in [0, 0.05) is 31.2 Å². The van der Waals surface area contributed by atoms with Crippen molar-refractivity contribution < 1.29 is 13.2 Å². The van der Waals surface area contributed by atoms with Crippen LogP contribution in [0.3, 0.4) is 0 Å². The van der Waals surface area contributed by atoms with E-state index < -0.39 is 10.0 Å². The molecule has 0 spiro atoms. The van der Waals surface area contributed by atoms with Crippen molar-refractivity contribution in [3.8, 4) is 0 Å². The van der Waals surface area contributed by atoms with Crippen LogP contribution in [-0.2, 0) is 10.0 Å². The molecule has 25 heavy (non-hydrogen) atoms. The second-order valence-corrected chi connectivity index (χ2v) is 8.65. The van der Waals surface area contributed by atoms with Gasteiger partial charge in [0.25, 0.3) is 5.91 Å². The molecule has 2 unspecified atom stereocenters. The number of sulfonamides is 1. The number of hydrogen-bond donors (Lipinski definition) is 1. The predicted octanol–water partition coefficient (Wildman–Crippen LogP) is 1.83. The van der Waals surface area contributed by atoms with Crippen molar-refractivity contribution in [2.24, 2.45) is 11.7 Å². The Morgan fingerprint density at radius 1 is 1.32 bits per heavy atom. The summed E-state index contributed by atoms with van der Waals surface area (Å²) in [4.78, 5) is 15.0. The zero-order valence-electron chi connectivity index (χ0n) is 15.5. The zero-order chi connectivity index (χ0) is 18.8. The molecule has 2 N–H and O–H groups in total. The summed E-state index contributed by atoms with van der Waals surface area (Å²) in [5.41, 5.74) is 6.99. The lowest BCUT2D eigenvalue weighted by Crippen LogP contribution is -2.35. The number of nitrogens with zero attached hydrogens (tertiary/aromatic N) is 2. The van der Waals surface area contributed by atoms with Gasteiger partial charge in [-0.1, -0.05) is 19.9 Å². The lowest BCUT2D eigenvalue weighted by atomic mass is 10.1. The maximum absolute atomic E-state index is 13.0. The quantitative estimate of drug-likeness (QED) is 0.831. The van der Waals surface area contributed by atoms with Crippen LogP contribution >= 0.6 is 0 Å². The Hall–Kier alpha value is -1.44. The molecule has 7 heteroatoms. The van der Waals surface area contributed by atoms with Crippen LogP contribution in [-0.4, -0.2) is 55.8 Å². The summed E-state index contributed by atoms with van der Waals surface area (Å²) >= 11 is 0. The Labute approximate surface area is 151 Å². The van der Waals surface area contributed by atoms with Crippen molar-refractivity contribution in [1.82, 2.24) is 9.21 Å². The van der Waals surface area contributed by atoms with Gasteiger partial charge < -0.3 is 10.6 Å². The topological polar surface area (TPSA) is 83.7 Å². The van der Waals surface area contributed by atoms with Gasteiger partial charge >= 0.3 is 0 Å². The number of amides is 1. The van der Waals surface area contributed by atoms with E-state index >= 15 is 0 Å². The summed E-state index contributed by atoms with van der Waals surface area (Å²) in [5.74, 6) is 0.194. The van der Waals surface area contributed by atoms with Crippen molar-refractivity contribution in [3.05, 3.63) is 29.3 Å². The molecule has 0 radical (unpaired) electrons. The van der Waals surface area contributed by atoms with E-state index in [1.807, 2.05) is 18.7 Å². The molecule has 1 aliphatic heterocycles. The molecule has 6 nitrogen and oxygen atoms in total. The summed E-state index contributed by atoms with van der Waals surface area (Å²) in [6, 6.07) is 4.93. The SMILES string of the molecule is CCN(CC)S(=O)(=O)c1ccc(C)c(C(=O)N2CC(CN)CC2C)c1. The summed E-state index contributed by atoms with van der Waals surface area (Å²) in [6.45, 7) is 9.45. The molecule has 1 amide bonds. The monoisotopic (exact) mass is 367 g/mol. The minimum Gasteiger partial charge on any atom is -0.336 e. The van der Waals surface area contributed by atoms with Crippen molar-refractivity contribution in [2.45, 2.75) is 45.1 Å². The highest BCUT2D eigenvalue weighted by Crippen LogP contribution is 2.27. The van der Waals surface area contributed by atoms with Gasteiger partial charge in [0.05, 0.1) is 4.90 Å². The molecule has 1 aliphatic rings. The normalized spacial score (nSPS) is 21.1. The van der Waals surface area contributed by atoms with Gasteiger partial charge in [0.2, 0.25) is 10.0 Å². The Morgan fingerprint density at radius 2 is 1.96 bits per heavy atom. The summed E-state index contributed by atoms with van der Waals surface area (Å²) in [5, 5.41) is 0. The third-order valence-corrected chi connectivity index (χ3v) is 7.08. The number of hydrogen-bond acceptors (Lipinski definition) is 4. The average molecular weight is 368 g/mol. The largest absolute Gasteiger partial charge is 0.336 e. The molecule has 1 aromatic carbocycles. The summed E-state index contributed by atoms with van der Waals surface area (Å²) in [6.07, 6.45) is 0.888. The first kappa shape index (κ1) is 19.9. The van der Waals surface area contributed by atoms with Crippen LogP contribution < -0.4 is 5.73 Å². The molecule has 0 bridgehead atoms. The fraction of sp³-hybridized carbons (Fsp3) is 0.611. The van der Waals surface area contributed by atoms with Crippen molar-refractivity contribution >= 4 is 15.9 Å². The van der Waals surface area contributed by atoms with E-state index in [2.05, 4.69) is 0 Å². The molecule has 1 fully saturated rings. The molecule has 2 atom stereocenters. The second kappa shape index (κ2) is 7.85. The number of nitrogens with two attached hydrogens (primary N) is 1. The van der Waals surface area contributed by atoms with Crippen LogP contribution in [0, 0.1) is 12.8 Å². The molecule has 0 saturated carbocycles. The van der Waals surface area contributed by atoms with Gasteiger partial charge in [0.1, 0.15) is 0 Å². The molecule has 1 aromatic rings. The van der Waals surface area contributed by atoms with E-state index in [0.717, 1.165) is 12.0 Å². The van der Waals surface area contributed by atoms with Gasteiger partial charge in [-0.3, -0.25) is 4.79 Å². The minimum absolute atomic E-state index is 0.113. The third-order valence-electron chi connectivity index (χ3n) is 5.04. The van der Waals surface area contributed by atoms with Gasteiger partial charge in [0.15, 0.2) is 0 Å². The first-order valence-electron chi connectivity index (χ1n) is 8.88. The van der Waals surface area contributed by atoms with Crippen molar-refractivity contribution in [3.63, 3.8) is 0 Å². The van der Waals surface area contributed by atoms with E-state index in [9.17, 15) is 13.2 Å². The Bertz CT molecular complexity index is 729. The predicted molar refractivity (Wildman–Crippen MR) is 98.9 cm³/mol. The molecule has 0 aliphatic carbocycles. The molecule has 140 valence electrons. The standard InChI is InChI=1S/C18H29N3O3S/c1-5-20(6-2)25(23,24)16-8-7-13(3)17(10-16)18(22)21-12-15(11-19)9-14(21)4/h7-8,10,14-15H,5-6,9,11-12,19H2,1-4H3. The molecule has 0 aromatic heterocycles. The molecular formula is C18H29N3O3S. The van der Waals surface area contributed by atoms with Crippen LogP contribution in [0.2, 0.25) is 0 Å². The second-order valence-electron chi connectivity index (χ2n) is 6.71. The van der Waals surface area contributed by atoms with Crippen LogP contribution in [0.4, 0.5) is 0 Å². The highest BCUT2D eigenvalue weighted by Gasteiger charge is 2.33. The van der Waals surface area contributed by atoms with E-state index in [1.165, 1.54) is 10.4 Å². The fourth-order valence-corrected chi connectivity index (χ4v) is 4.94. The Kier molecular flexibility index (Phi) is 6.24. The lowest BCUT2D eigenvalue weighted by molar-refractivity contribution is 0.0742. The van der Waals surface area contributed by atoms with E-state index in [4.69, 9.17) is 5.73 Å². The highest BCUT2D eigenvalue weighted by molar-refractivity contribution is 7.89. The minimum atomic E-state index is -3.58. The molecule has 1 heterocycles. The van der Waals surface area contributed by atoms with Crippen LogP contribution in [0.15, 0.2) is 23.1 Å². The number of rotatable bonds is 6.